The van der Waals surface area contributed by atoms with Crippen LogP contribution in [0, 0.1) is 6.92 Å². The molecular weight excluding hydrogens is 367 g/mol. The van der Waals surface area contributed by atoms with E-state index in [0.717, 1.165) is 0 Å². The summed E-state index contributed by atoms with van der Waals surface area (Å²) in [5, 5.41) is 2.60. The Morgan fingerprint density at radius 1 is 1.33 bits per heavy atom. The molecule has 7 nitrogen and oxygen atoms in total. The van der Waals surface area contributed by atoms with Gasteiger partial charge in [0.2, 0.25) is 5.88 Å². The van der Waals surface area contributed by atoms with E-state index >= 15 is 0 Å². The van der Waals surface area contributed by atoms with E-state index in [9.17, 15) is 22.8 Å². The predicted octanol–water partition coefficient (Wildman–Crippen LogP) is 2.33. The van der Waals surface area contributed by atoms with Gasteiger partial charge in [0.15, 0.2) is 12.3 Å². The topological polar surface area (TPSA) is 90.4 Å². The van der Waals surface area contributed by atoms with Crippen LogP contribution in [0.4, 0.5) is 13.2 Å². The van der Waals surface area contributed by atoms with Crippen molar-refractivity contribution >= 4 is 11.9 Å². The Hall–Kier alpha value is -3.17. The monoisotopic (exact) mass is 381 g/mol. The molecule has 27 heavy (non-hydrogen) atoms. The fraction of sp³-hybridized carbons (Fsp3) is 0.294. The van der Waals surface area contributed by atoms with Crippen LogP contribution in [0.3, 0.4) is 0 Å². The molecule has 1 aliphatic rings. The van der Waals surface area contributed by atoms with Crippen LogP contribution in [0.15, 0.2) is 24.5 Å². The lowest BCUT2D eigenvalue weighted by atomic mass is 10.1. The highest BCUT2D eigenvalue weighted by atomic mass is 19.4. The van der Waals surface area contributed by atoms with Crippen molar-refractivity contribution in [2.45, 2.75) is 26.3 Å². The number of hydrogen-bond donors (Lipinski definition) is 1. The van der Waals surface area contributed by atoms with Gasteiger partial charge in [-0.3, -0.25) is 4.79 Å². The van der Waals surface area contributed by atoms with E-state index in [1.54, 1.807) is 0 Å². The van der Waals surface area contributed by atoms with Crippen LogP contribution < -0.4 is 10.1 Å². The Balaban J connectivity index is 1.65. The molecule has 3 heterocycles. The molecule has 2 aromatic rings. The van der Waals surface area contributed by atoms with Crippen LogP contribution in [-0.4, -0.2) is 34.6 Å². The molecule has 0 atom stereocenters. The summed E-state index contributed by atoms with van der Waals surface area (Å²) in [4.78, 5) is 31.7. The number of carbonyl (C=O) groups excluding carboxylic acids is 2. The van der Waals surface area contributed by atoms with Crippen molar-refractivity contribution in [2.75, 3.05) is 6.61 Å². The highest BCUT2D eigenvalue weighted by molar-refractivity contribution is 6.02. The van der Waals surface area contributed by atoms with E-state index in [-0.39, 0.29) is 30.6 Å². The van der Waals surface area contributed by atoms with Gasteiger partial charge in [0.05, 0.1) is 0 Å². The summed E-state index contributed by atoms with van der Waals surface area (Å²) in [6, 6.07) is 3.03. The molecule has 1 aliphatic heterocycles. The zero-order valence-electron chi connectivity index (χ0n) is 14.1. The highest BCUT2D eigenvalue weighted by Gasteiger charge is 2.29. The number of pyridine rings is 2. The number of halogens is 3. The average molecular weight is 381 g/mol. The number of aryl methyl sites for hydroxylation is 1. The second kappa shape index (κ2) is 7.22. The number of aromatic nitrogens is 2. The fourth-order valence-electron chi connectivity index (χ4n) is 2.54. The Morgan fingerprint density at radius 2 is 2.11 bits per heavy atom. The fourth-order valence-corrected chi connectivity index (χ4v) is 2.54. The van der Waals surface area contributed by atoms with Gasteiger partial charge in [0, 0.05) is 41.2 Å². The molecule has 0 radical (unpaired) electrons. The van der Waals surface area contributed by atoms with E-state index in [0.29, 0.717) is 22.3 Å². The van der Waals surface area contributed by atoms with Gasteiger partial charge in [0.1, 0.15) is 6.61 Å². The van der Waals surface area contributed by atoms with Crippen molar-refractivity contribution in [3.8, 4) is 5.88 Å². The van der Waals surface area contributed by atoms with Crippen molar-refractivity contribution in [3.63, 3.8) is 0 Å². The number of alkyl halides is 3. The normalized spacial score (nSPS) is 13.1. The molecule has 0 bridgehead atoms. The van der Waals surface area contributed by atoms with Gasteiger partial charge in [-0.15, -0.1) is 0 Å². The Kier molecular flexibility index (Phi) is 4.98. The van der Waals surface area contributed by atoms with E-state index in [1.165, 1.54) is 31.5 Å². The quantitative estimate of drug-likeness (QED) is 0.800. The van der Waals surface area contributed by atoms with Crippen molar-refractivity contribution in [2.24, 2.45) is 0 Å². The SMILES string of the molecule is Cc1cc(COC(=O)c2nccc3c2CNC3=O)cnc1OCC(F)(F)F. The molecule has 142 valence electrons. The number of nitrogens with zero attached hydrogens (tertiary/aromatic N) is 2. The van der Waals surface area contributed by atoms with Gasteiger partial charge in [-0.05, 0) is 19.1 Å². The van der Waals surface area contributed by atoms with E-state index in [2.05, 4.69) is 20.0 Å². The Bertz CT molecular complexity index is 899. The third-order valence-electron chi connectivity index (χ3n) is 3.75. The Morgan fingerprint density at radius 3 is 2.81 bits per heavy atom. The van der Waals surface area contributed by atoms with Gasteiger partial charge < -0.3 is 14.8 Å². The molecule has 0 unspecified atom stereocenters. The van der Waals surface area contributed by atoms with E-state index in [4.69, 9.17) is 4.74 Å². The molecule has 2 aromatic heterocycles. The lowest BCUT2D eigenvalue weighted by Crippen LogP contribution is -2.20. The third kappa shape index (κ3) is 4.33. The molecule has 0 saturated heterocycles. The second-order valence-corrected chi connectivity index (χ2v) is 5.81. The number of rotatable bonds is 5. The number of ether oxygens (including phenoxy) is 2. The molecule has 0 fully saturated rings. The maximum Gasteiger partial charge on any atom is 0.422 e. The Labute approximate surface area is 151 Å². The van der Waals surface area contributed by atoms with Crippen molar-refractivity contribution < 1.29 is 32.2 Å². The first-order chi connectivity index (χ1) is 12.7. The van der Waals surface area contributed by atoms with Gasteiger partial charge in [-0.2, -0.15) is 13.2 Å². The molecule has 0 aliphatic carbocycles. The average Bonchev–Trinajstić information content (AvgIpc) is 2.99. The van der Waals surface area contributed by atoms with Gasteiger partial charge >= 0.3 is 12.1 Å². The van der Waals surface area contributed by atoms with Gasteiger partial charge in [0.25, 0.3) is 5.91 Å². The molecule has 0 aromatic carbocycles. The van der Waals surface area contributed by atoms with Crippen LogP contribution in [0.5, 0.6) is 5.88 Å². The number of carbonyl (C=O) groups is 2. The molecule has 0 saturated carbocycles. The summed E-state index contributed by atoms with van der Waals surface area (Å²) in [6.45, 7) is 0.136. The summed E-state index contributed by atoms with van der Waals surface area (Å²) >= 11 is 0. The number of nitrogens with one attached hydrogen (secondary N) is 1. The lowest BCUT2D eigenvalue weighted by molar-refractivity contribution is -0.154. The van der Waals surface area contributed by atoms with Crippen molar-refractivity contribution in [1.82, 2.24) is 15.3 Å². The smallest absolute Gasteiger partial charge is 0.422 e. The summed E-state index contributed by atoms with van der Waals surface area (Å²) in [5.41, 5.74) is 1.74. The summed E-state index contributed by atoms with van der Waals surface area (Å²) in [5.74, 6) is -1.14. The number of amides is 1. The minimum atomic E-state index is -4.46. The van der Waals surface area contributed by atoms with Crippen LogP contribution >= 0.6 is 0 Å². The van der Waals surface area contributed by atoms with Crippen molar-refractivity contribution in [1.29, 1.82) is 0 Å². The molecule has 10 heteroatoms. The first kappa shape index (κ1) is 18.6. The zero-order chi connectivity index (χ0) is 19.6. The van der Waals surface area contributed by atoms with Crippen LogP contribution in [0.25, 0.3) is 0 Å². The molecule has 1 amide bonds. The summed E-state index contributed by atoms with van der Waals surface area (Å²) in [6.07, 6.45) is -1.85. The largest absolute Gasteiger partial charge is 0.468 e. The molecule has 1 N–H and O–H groups in total. The predicted molar refractivity (Wildman–Crippen MR) is 85.1 cm³/mol. The first-order valence-electron chi connectivity index (χ1n) is 7.83. The third-order valence-corrected chi connectivity index (χ3v) is 3.75. The molecule has 0 spiro atoms. The van der Waals surface area contributed by atoms with E-state index in [1.807, 2.05) is 0 Å². The lowest BCUT2D eigenvalue weighted by Gasteiger charge is -2.11. The zero-order valence-corrected chi connectivity index (χ0v) is 14.1. The van der Waals surface area contributed by atoms with Crippen LogP contribution in [-0.2, 0) is 17.9 Å². The number of hydrogen-bond acceptors (Lipinski definition) is 6. The summed E-state index contributed by atoms with van der Waals surface area (Å²) in [7, 11) is 0. The maximum absolute atomic E-state index is 12.3. The standard InChI is InChI=1S/C17H14F3N3O4/c1-9-4-10(5-23-15(9)27-8-17(18,19)20)7-26-16(25)13-12-6-22-14(24)11(12)2-3-21-13/h2-5H,6-8H2,1H3,(H,22,24). The van der Waals surface area contributed by atoms with E-state index < -0.39 is 18.8 Å². The van der Waals surface area contributed by atoms with Gasteiger partial charge in [-0.1, -0.05) is 0 Å². The van der Waals surface area contributed by atoms with Gasteiger partial charge in [-0.25, -0.2) is 14.8 Å². The highest BCUT2D eigenvalue weighted by Crippen LogP contribution is 2.22. The van der Waals surface area contributed by atoms with Crippen LogP contribution in [0.2, 0.25) is 0 Å². The maximum atomic E-state index is 12.3. The molecular formula is C17H14F3N3O4. The second-order valence-electron chi connectivity index (χ2n) is 5.81. The minimum absolute atomic E-state index is 0.0423. The first-order valence-corrected chi connectivity index (χ1v) is 7.83. The summed E-state index contributed by atoms with van der Waals surface area (Å²) < 4.78 is 46.4. The molecule has 3 rings (SSSR count). The number of esters is 1. The van der Waals surface area contributed by atoms with Crippen molar-refractivity contribution in [3.05, 3.63) is 52.5 Å². The minimum Gasteiger partial charge on any atom is -0.468 e. The van der Waals surface area contributed by atoms with Crippen LogP contribution in [0.1, 0.15) is 37.5 Å². The number of fused-ring (bicyclic) bond motifs is 1.